The van der Waals surface area contributed by atoms with Gasteiger partial charge in [-0.2, -0.15) is 5.48 Å². The number of hydrogen-bond donors (Lipinski definition) is 2. The third-order valence-electron chi connectivity index (χ3n) is 4.44. The van der Waals surface area contributed by atoms with Gasteiger partial charge in [0.2, 0.25) is 5.91 Å². The molecule has 1 heterocycles. The number of pyridine rings is 1. The van der Waals surface area contributed by atoms with Gasteiger partial charge >= 0.3 is 0 Å². The Labute approximate surface area is 183 Å². The van der Waals surface area contributed by atoms with E-state index >= 15 is 0 Å². The van der Waals surface area contributed by atoms with Crippen molar-refractivity contribution in [3.8, 4) is 11.5 Å². The number of rotatable bonds is 12. The Balaban J connectivity index is 1.77. The molecule has 0 unspecified atom stereocenters. The summed E-state index contributed by atoms with van der Waals surface area (Å²) in [5.41, 5.74) is 3.63. The van der Waals surface area contributed by atoms with E-state index in [-0.39, 0.29) is 5.91 Å². The minimum absolute atomic E-state index is 0.0240. The summed E-state index contributed by atoms with van der Waals surface area (Å²) in [6.07, 6.45) is 10.8. The van der Waals surface area contributed by atoms with Crippen LogP contribution in [-0.4, -0.2) is 23.9 Å². The molecule has 0 fully saturated rings. The first-order chi connectivity index (χ1) is 15.0. The third kappa shape index (κ3) is 8.90. The van der Waals surface area contributed by atoms with E-state index in [1.54, 1.807) is 30.5 Å². The van der Waals surface area contributed by atoms with Crippen LogP contribution in [0.4, 0.5) is 0 Å². The Morgan fingerprint density at radius 1 is 1.16 bits per heavy atom. The van der Waals surface area contributed by atoms with E-state index < -0.39 is 5.91 Å². The summed E-state index contributed by atoms with van der Waals surface area (Å²) >= 11 is 0. The SMILES string of the molecule is COc1cc(CNC(=O)CCCC/C=C/C(C)C)ccc1ONC(=O)c1cccnc1. The highest BCUT2D eigenvalue weighted by Gasteiger charge is 2.11. The molecule has 31 heavy (non-hydrogen) atoms. The Hall–Kier alpha value is -3.35. The van der Waals surface area contributed by atoms with Crippen molar-refractivity contribution >= 4 is 11.8 Å². The van der Waals surface area contributed by atoms with Crippen LogP contribution in [0.3, 0.4) is 0 Å². The van der Waals surface area contributed by atoms with Crippen LogP contribution in [0.25, 0.3) is 0 Å². The van der Waals surface area contributed by atoms with E-state index in [4.69, 9.17) is 9.57 Å². The third-order valence-corrected chi connectivity index (χ3v) is 4.44. The van der Waals surface area contributed by atoms with Crippen molar-refractivity contribution in [3.05, 3.63) is 66.0 Å². The fourth-order valence-electron chi connectivity index (χ4n) is 2.77. The fraction of sp³-hybridized carbons (Fsp3) is 0.375. The molecule has 0 aliphatic carbocycles. The summed E-state index contributed by atoms with van der Waals surface area (Å²) < 4.78 is 5.34. The van der Waals surface area contributed by atoms with Crippen LogP contribution >= 0.6 is 0 Å². The van der Waals surface area contributed by atoms with E-state index in [1.165, 1.54) is 13.3 Å². The van der Waals surface area contributed by atoms with Crippen LogP contribution in [0.2, 0.25) is 0 Å². The molecule has 7 heteroatoms. The minimum Gasteiger partial charge on any atom is -0.493 e. The Morgan fingerprint density at radius 2 is 2.00 bits per heavy atom. The van der Waals surface area contributed by atoms with E-state index in [9.17, 15) is 9.59 Å². The van der Waals surface area contributed by atoms with Crippen molar-refractivity contribution in [2.75, 3.05) is 7.11 Å². The number of hydroxylamine groups is 1. The topological polar surface area (TPSA) is 89.5 Å². The molecule has 2 aromatic rings. The number of nitrogens with zero attached hydrogens (tertiary/aromatic N) is 1. The van der Waals surface area contributed by atoms with Gasteiger partial charge in [-0.1, -0.05) is 32.1 Å². The summed E-state index contributed by atoms with van der Waals surface area (Å²) in [6.45, 7) is 4.69. The Bertz CT molecular complexity index is 866. The second-order valence-corrected chi connectivity index (χ2v) is 7.45. The zero-order valence-corrected chi connectivity index (χ0v) is 18.4. The number of carbonyl (C=O) groups is 2. The lowest BCUT2D eigenvalue weighted by Crippen LogP contribution is -2.27. The van der Waals surface area contributed by atoms with Crippen molar-refractivity contribution in [2.24, 2.45) is 5.92 Å². The minimum atomic E-state index is -0.411. The first-order valence-corrected chi connectivity index (χ1v) is 10.5. The van der Waals surface area contributed by atoms with Gasteiger partial charge in [-0.25, -0.2) is 0 Å². The molecule has 1 aromatic heterocycles. The number of ether oxygens (including phenoxy) is 1. The van der Waals surface area contributed by atoms with Gasteiger partial charge in [-0.05, 0) is 55.0 Å². The number of amides is 2. The predicted molar refractivity (Wildman–Crippen MR) is 120 cm³/mol. The maximum atomic E-state index is 12.1. The molecule has 0 spiro atoms. The summed E-state index contributed by atoms with van der Waals surface area (Å²) in [6, 6.07) is 8.57. The zero-order chi connectivity index (χ0) is 22.5. The van der Waals surface area contributed by atoms with Crippen LogP contribution in [0.1, 0.15) is 55.5 Å². The zero-order valence-electron chi connectivity index (χ0n) is 18.4. The highest BCUT2D eigenvalue weighted by Crippen LogP contribution is 2.27. The van der Waals surface area contributed by atoms with Gasteiger partial charge in [0, 0.05) is 25.4 Å². The quantitative estimate of drug-likeness (QED) is 0.302. The highest BCUT2D eigenvalue weighted by atomic mass is 16.7. The molecular formula is C24H31N3O4. The normalized spacial score (nSPS) is 10.8. The number of aromatic nitrogens is 1. The summed E-state index contributed by atoms with van der Waals surface area (Å²) in [5, 5.41) is 2.92. The first-order valence-electron chi connectivity index (χ1n) is 10.5. The van der Waals surface area contributed by atoms with E-state index in [2.05, 4.69) is 41.8 Å². The molecule has 0 saturated carbocycles. The Kier molecular flexibility index (Phi) is 10.1. The number of carbonyl (C=O) groups excluding carboxylic acids is 2. The van der Waals surface area contributed by atoms with Crippen molar-refractivity contribution in [1.29, 1.82) is 0 Å². The van der Waals surface area contributed by atoms with Gasteiger partial charge in [-0.3, -0.25) is 14.6 Å². The molecule has 0 aliphatic heterocycles. The van der Waals surface area contributed by atoms with Crippen LogP contribution in [0.5, 0.6) is 11.5 Å². The van der Waals surface area contributed by atoms with E-state index in [0.29, 0.717) is 35.9 Å². The number of benzene rings is 1. The molecule has 1 aromatic carbocycles. The smallest absolute Gasteiger partial charge is 0.285 e. The number of nitrogens with one attached hydrogen (secondary N) is 2. The lowest BCUT2D eigenvalue weighted by molar-refractivity contribution is -0.121. The summed E-state index contributed by atoms with van der Waals surface area (Å²) in [7, 11) is 1.52. The fourth-order valence-corrected chi connectivity index (χ4v) is 2.77. The van der Waals surface area contributed by atoms with Crippen molar-refractivity contribution in [1.82, 2.24) is 15.8 Å². The highest BCUT2D eigenvalue weighted by molar-refractivity contribution is 5.93. The molecule has 2 amide bonds. The van der Waals surface area contributed by atoms with E-state index in [0.717, 1.165) is 24.8 Å². The standard InChI is InChI=1S/C24H31N3O4/c1-18(2)9-6-4-5-7-11-23(28)26-16-19-12-13-21(22(15-19)30-3)31-27-24(29)20-10-8-14-25-17-20/h6,8-10,12-15,17-18H,4-5,7,11,16H2,1-3H3,(H,26,28)(H,27,29)/b9-6+. The predicted octanol–water partition coefficient (Wildman–Crippen LogP) is 4.20. The molecular weight excluding hydrogens is 394 g/mol. The molecule has 0 atom stereocenters. The number of methoxy groups -OCH3 is 1. The largest absolute Gasteiger partial charge is 0.493 e. The number of allylic oxidation sites excluding steroid dienone is 2. The maximum Gasteiger partial charge on any atom is 0.285 e. The molecule has 0 saturated heterocycles. The first kappa shape index (κ1) is 23.9. The molecule has 2 rings (SSSR count). The van der Waals surface area contributed by atoms with E-state index in [1.807, 2.05) is 6.07 Å². The number of unbranched alkanes of at least 4 members (excludes halogenated alkanes) is 2. The summed E-state index contributed by atoms with van der Waals surface area (Å²) in [4.78, 5) is 33.4. The van der Waals surface area contributed by atoms with Crippen molar-refractivity contribution in [2.45, 2.75) is 46.1 Å². The lowest BCUT2D eigenvalue weighted by Gasteiger charge is -2.12. The molecule has 7 nitrogen and oxygen atoms in total. The van der Waals surface area contributed by atoms with Crippen LogP contribution in [0.15, 0.2) is 54.9 Å². The van der Waals surface area contributed by atoms with Gasteiger partial charge in [0.05, 0.1) is 12.7 Å². The van der Waals surface area contributed by atoms with Crippen LogP contribution in [0, 0.1) is 5.92 Å². The lowest BCUT2D eigenvalue weighted by atomic mass is 10.1. The Morgan fingerprint density at radius 3 is 2.71 bits per heavy atom. The molecule has 0 bridgehead atoms. The van der Waals surface area contributed by atoms with Crippen LogP contribution < -0.4 is 20.4 Å². The van der Waals surface area contributed by atoms with Gasteiger partial charge in [0.1, 0.15) is 0 Å². The number of hydrogen-bond acceptors (Lipinski definition) is 5. The van der Waals surface area contributed by atoms with Crippen LogP contribution in [-0.2, 0) is 11.3 Å². The van der Waals surface area contributed by atoms with Gasteiger partial charge in [-0.15, -0.1) is 0 Å². The van der Waals surface area contributed by atoms with Crippen molar-refractivity contribution in [3.63, 3.8) is 0 Å². The molecule has 2 N–H and O–H groups in total. The van der Waals surface area contributed by atoms with Gasteiger partial charge < -0.3 is 14.9 Å². The van der Waals surface area contributed by atoms with Gasteiger partial charge in [0.15, 0.2) is 11.5 Å². The second kappa shape index (κ2) is 13.1. The second-order valence-electron chi connectivity index (χ2n) is 7.45. The monoisotopic (exact) mass is 425 g/mol. The average molecular weight is 426 g/mol. The van der Waals surface area contributed by atoms with Gasteiger partial charge in [0.25, 0.3) is 5.91 Å². The summed E-state index contributed by atoms with van der Waals surface area (Å²) in [5.74, 6) is 0.996. The average Bonchev–Trinajstić information content (AvgIpc) is 2.78. The van der Waals surface area contributed by atoms with Crippen molar-refractivity contribution < 1.29 is 19.2 Å². The maximum absolute atomic E-state index is 12.1. The molecule has 0 radical (unpaired) electrons. The molecule has 0 aliphatic rings. The molecule has 166 valence electrons.